The maximum absolute atomic E-state index is 9.71. The van der Waals surface area contributed by atoms with E-state index in [1.54, 1.807) is 37.4 Å². The minimum atomic E-state index is -0.450. The summed E-state index contributed by atoms with van der Waals surface area (Å²) < 4.78 is 17.0. The lowest BCUT2D eigenvalue weighted by molar-refractivity contribution is 0.284. The van der Waals surface area contributed by atoms with Gasteiger partial charge in [0.25, 0.3) is 0 Å². The number of rotatable bonds is 5. The van der Waals surface area contributed by atoms with Crippen molar-refractivity contribution < 1.29 is 14.2 Å². The molecule has 0 aliphatic carbocycles. The van der Waals surface area contributed by atoms with Crippen LogP contribution in [0, 0.1) is 18.3 Å². The first-order chi connectivity index (χ1) is 14.9. The molecule has 1 aromatic heterocycles. The molecule has 31 heavy (non-hydrogen) atoms. The summed E-state index contributed by atoms with van der Waals surface area (Å²) in [4.78, 5) is 0. The van der Waals surface area contributed by atoms with Crippen molar-refractivity contribution in [2.45, 2.75) is 19.4 Å². The molecule has 1 aliphatic heterocycles. The topological polar surface area (TPSA) is 106 Å². The average molecular weight is 457 g/mol. The van der Waals surface area contributed by atoms with E-state index in [9.17, 15) is 5.26 Å². The fraction of sp³-hybridized carbons (Fsp3) is 0.182. The molecule has 0 fully saturated rings. The molecule has 2 heterocycles. The Morgan fingerprint density at radius 3 is 2.65 bits per heavy atom. The van der Waals surface area contributed by atoms with Gasteiger partial charge in [-0.3, -0.25) is 5.10 Å². The molecule has 1 aliphatic rings. The molecule has 1 atom stereocenters. The van der Waals surface area contributed by atoms with Gasteiger partial charge in [0, 0.05) is 26.9 Å². The summed E-state index contributed by atoms with van der Waals surface area (Å²) >= 11 is 12.5. The van der Waals surface area contributed by atoms with Gasteiger partial charge in [-0.05, 0) is 36.8 Å². The number of fused-ring (bicyclic) bond motifs is 1. The van der Waals surface area contributed by atoms with Gasteiger partial charge in [-0.15, -0.1) is 5.10 Å². The predicted molar refractivity (Wildman–Crippen MR) is 116 cm³/mol. The van der Waals surface area contributed by atoms with E-state index >= 15 is 0 Å². The van der Waals surface area contributed by atoms with Gasteiger partial charge >= 0.3 is 0 Å². The van der Waals surface area contributed by atoms with Crippen LogP contribution in [0.3, 0.4) is 0 Å². The van der Waals surface area contributed by atoms with Gasteiger partial charge in [-0.1, -0.05) is 35.3 Å². The number of nitrogens with one attached hydrogen (secondary N) is 1. The van der Waals surface area contributed by atoms with Crippen molar-refractivity contribution in [3.63, 3.8) is 0 Å². The first kappa shape index (κ1) is 20.9. The van der Waals surface area contributed by atoms with E-state index in [1.165, 1.54) is 0 Å². The molecular weight excluding hydrogens is 439 g/mol. The predicted octanol–water partition coefficient (Wildman–Crippen LogP) is 4.83. The summed E-state index contributed by atoms with van der Waals surface area (Å²) in [6.45, 7) is 2.04. The van der Waals surface area contributed by atoms with Crippen LogP contribution in [-0.2, 0) is 6.61 Å². The van der Waals surface area contributed by atoms with Crippen molar-refractivity contribution in [3.8, 4) is 23.4 Å². The Morgan fingerprint density at radius 1 is 1.23 bits per heavy atom. The fourth-order valence-corrected chi connectivity index (χ4v) is 4.04. The lowest BCUT2D eigenvalue weighted by Crippen LogP contribution is -2.21. The van der Waals surface area contributed by atoms with Gasteiger partial charge in [0.15, 0.2) is 11.5 Å². The third kappa shape index (κ3) is 3.76. The molecule has 0 saturated heterocycles. The number of hydrogen-bond acceptors (Lipinski definition) is 6. The Hall–Kier alpha value is -3.34. The molecule has 0 spiro atoms. The van der Waals surface area contributed by atoms with Crippen LogP contribution in [0.25, 0.3) is 0 Å². The first-order valence-electron chi connectivity index (χ1n) is 9.30. The quantitative estimate of drug-likeness (QED) is 0.569. The minimum Gasteiger partial charge on any atom is -0.493 e. The smallest absolute Gasteiger partial charge is 0.244 e. The van der Waals surface area contributed by atoms with E-state index < -0.39 is 5.92 Å². The number of hydrogen-bond donors (Lipinski definition) is 2. The van der Waals surface area contributed by atoms with Crippen LogP contribution in [0.2, 0.25) is 10.0 Å². The Balaban J connectivity index is 1.70. The molecule has 158 valence electrons. The zero-order valence-electron chi connectivity index (χ0n) is 16.7. The number of nitrogens with zero attached hydrogens (tertiary/aromatic N) is 2. The van der Waals surface area contributed by atoms with E-state index in [4.69, 9.17) is 43.1 Å². The Labute approximate surface area is 188 Å². The second kappa shape index (κ2) is 8.42. The maximum Gasteiger partial charge on any atom is 0.244 e. The highest BCUT2D eigenvalue weighted by Gasteiger charge is 2.34. The van der Waals surface area contributed by atoms with Crippen molar-refractivity contribution in [2.24, 2.45) is 5.73 Å². The lowest BCUT2D eigenvalue weighted by atomic mass is 9.84. The third-order valence-electron chi connectivity index (χ3n) is 5.08. The zero-order chi connectivity index (χ0) is 22.1. The van der Waals surface area contributed by atoms with Gasteiger partial charge < -0.3 is 19.9 Å². The van der Waals surface area contributed by atoms with Gasteiger partial charge in [-0.25, -0.2) is 0 Å². The summed E-state index contributed by atoms with van der Waals surface area (Å²) in [5.74, 6) is 0.930. The van der Waals surface area contributed by atoms with Crippen molar-refractivity contribution in [3.05, 3.63) is 80.3 Å². The maximum atomic E-state index is 9.71. The van der Waals surface area contributed by atoms with Crippen LogP contribution in [0.1, 0.15) is 28.3 Å². The number of allylic oxidation sites excluding steroid dienone is 1. The molecule has 7 nitrogen and oxygen atoms in total. The van der Waals surface area contributed by atoms with Gasteiger partial charge in [0.2, 0.25) is 11.8 Å². The highest BCUT2D eigenvalue weighted by Crippen LogP contribution is 2.44. The number of nitriles is 1. The molecule has 0 saturated carbocycles. The average Bonchev–Trinajstić information content (AvgIpc) is 3.12. The Bertz CT molecular complexity index is 1210. The normalized spacial score (nSPS) is 15.1. The number of aromatic nitrogens is 2. The zero-order valence-corrected chi connectivity index (χ0v) is 18.2. The van der Waals surface area contributed by atoms with Crippen LogP contribution in [0.4, 0.5) is 0 Å². The number of nitrogens with two attached hydrogens (primary N) is 1. The monoisotopic (exact) mass is 456 g/mol. The second-order valence-corrected chi connectivity index (χ2v) is 7.71. The standard InChI is InChI=1S/C22H18Cl2N4O3/c1-11-19-20(13(9-25)21(26)31-22(19)28-27-11)12-6-7-17(18(8-12)29-2)30-10-14-15(23)4-3-5-16(14)24/h3-8,20H,10,26H2,1-2H3,(H,27,28). The third-order valence-corrected chi connectivity index (χ3v) is 5.79. The largest absolute Gasteiger partial charge is 0.493 e. The summed E-state index contributed by atoms with van der Waals surface area (Å²) in [5, 5.41) is 17.8. The number of H-pyrrole nitrogens is 1. The van der Waals surface area contributed by atoms with E-state index in [2.05, 4.69) is 16.3 Å². The molecule has 0 amide bonds. The van der Waals surface area contributed by atoms with Gasteiger partial charge in [0.05, 0.1) is 13.0 Å². The lowest BCUT2D eigenvalue weighted by Gasteiger charge is -2.24. The molecule has 9 heteroatoms. The first-order valence-corrected chi connectivity index (χ1v) is 10.1. The van der Waals surface area contributed by atoms with E-state index in [1.807, 2.05) is 13.0 Å². The molecule has 1 unspecified atom stereocenters. The summed E-state index contributed by atoms with van der Waals surface area (Å²) in [7, 11) is 1.54. The molecule has 0 bridgehead atoms. The minimum absolute atomic E-state index is 0.0270. The van der Waals surface area contributed by atoms with Crippen LogP contribution >= 0.6 is 23.2 Å². The van der Waals surface area contributed by atoms with Crippen LogP contribution in [0.15, 0.2) is 47.9 Å². The molecule has 2 aromatic carbocycles. The van der Waals surface area contributed by atoms with Crippen LogP contribution in [-0.4, -0.2) is 17.3 Å². The van der Waals surface area contributed by atoms with Crippen LogP contribution < -0.4 is 19.9 Å². The van der Waals surface area contributed by atoms with E-state index in [-0.39, 0.29) is 12.5 Å². The Kier molecular flexibility index (Phi) is 5.68. The SMILES string of the molecule is COc1cc(C2C(C#N)=C(N)Oc3n[nH]c(C)c32)ccc1OCc1c(Cl)cccc1Cl. The van der Waals surface area contributed by atoms with Gasteiger partial charge in [0.1, 0.15) is 18.2 Å². The highest BCUT2D eigenvalue weighted by atomic mass is 35.5. The van der Waals surface area contributed by atoms with E-state index in [0.717, 1.165) is 16.8 Å². The van der Waals surface area contributed by atoms with Crippen LogP contribution in [0.5, 0.6) is 17.4 Å². The fourth-order valence-electron chi connectivity index (χ4n) is 3.54. The van der Waals surface area contributed by atoms with Crippen molar-refractivity contribution in [2.75, 3.05) is 7.11 Å². The molecule has 4 rings (SSSR count). The molecular formula is C22H18Cl2N4O3. The van der Waals surface area contributed by atoms with Gasteiger partial charge in [-0.2, -0.15) is 5.26 Å². The number of ether oxygens (including phenoxy) is 3. The summed E-state index contributed by atoms with van der Waals surface area (Å²) in [6, 6.07) is 12.9. The number of methoxy groups -OCH3 is 1. The van der Waals surface area contributed by atoms with Crippen molar-refractivity contribution in [1.29, 1.82) is 5.26 Å². The van der Waals surface area contributed by atoms with Crippen molar-refractivity contribution >= 4 is 23.2 Å². The van der Waals surface area contributed by atoms with E-state index in [0.29, 0.717) is 38.6 Å². The molecule has 3 aromatic rings. The molecule has 3 N–H and O–H groups in total. The second-order valence-electron chi connectivity index (χ2n) is 6.89. The Morgan fingerprint density at radius 2 is 1.97 bits per heavy atom. The highest BCUT2D eigenvalue weighted by molar-refractivity contribution is 6.35. The number of aryl methyl sites for hydroxylation is 1. The molecule has 0 radical (unpaired) electrons. The van der Waals surface area contributed by atoms with Crippen molar-refractivity contribution in [1.82, 2.24) is 10.2 Å². The number of aromatic amines is 1. The number of halogens is 2. The summed E-state index contributed by atoms with van der Waals surface area (Å²) in [5.41, 5.74) is 9.29. The summed E-state index contributed by atoms with van der Waals surface area (Å²) in [6.07, 6.45) is 0. The number of benzene rings is 2.